The smallest absolute Gasteiger partial charge is 0.268 e. The standard InChI is InChI=1S/C26H31N7O2/c1-16-15-20(5-6-22(16)32-13-11-31(12-14-32)19(4)34)29-26-28-8-7-21(30-26)23-17(2)24-25(35)27-9-10-33(24)18(23)3/h5-8,15H,9-14H2,1-4H3,(H,27,35)(H,28,29,30). The highest BCUT2D eigenvalue weighted by atomic mass is 16.2. The fourth-order valence-electron chi connectivity index (χ4n) is 5.25. The van der Waals surface area contributed by atoms with Gasteiger partial charge in [-0.05, 0) is 56.2 Å². The molecule has 0 unspecified atom stereocenters. The molecule has 0 aliphatic carbocycles. The van der Waals surface area contributed by atoms with Gasteiger partial charge in [0.15, 0.2) is 0 Å². The van der Waals surface area contributed by atoms with Crippen LogP contribution >= 0.6 is 0 Å². The van der Waals surface area contributed by atoms with E-state index in [0.29, 0.717) is 18.2 Å². The number of fused-ring (bicyclic) bond motifs is 1. The fraction of sp³-hybridized carbons (Fsp3) is 0.385. The minimum absolute atomic E-state index is 0.0335. The molecule has 5 rings (SSSR count). The van der Waals surface area contributed by atoms with Gasteiger partial charge in [-0.2, -0.15) is 0 Å². The Labute approximate surface area is 205 Å². The van der Waals surface area contributed by atoms with Crippen molar-refractivity contribution in [1.29, 1.82) is 0 Å². The minimum Gasteiger partial charge on any atom is -0.368 e. The maximum Gasteiger partial charge on any atom is 0.268 e. The summed E-state index contributed by atoms with van der Waals surface area (Å²) in [6.07, 6.45) is 1.75. The normalized spacial score (nSPS) is 15.6. The molecule has 2 aromatic heterocycles. The Balaban J connectivity index is 1.36. The summed E-state index contributed by atoms with van der Waals surface area (Å²) in [6.45, 7) is 12.3. The molecule has 0 spiro atoms. The molecule has 2 aliphatic heterocycles. The number of nitrogens with zero attached hydrogens (tertiary/aromatic N) is 5. The molecule has 9 nitrogen and oxygen atoms in total. The zero-order valence-electron chi connectivity index (χ0n) is 20.7. The van der Waals surface area contributed by atoms with Crippen molar-refractivity contribution < 1.29 is 9.59 Å². The van der Waals surface area contributed by atoms with E-state index in [1.807, 2.05) is 30.9 Å². The van der Waals surface area contributed by atoms with Crippen LogP contribution in [0.25, 0.3) is 11.3 Å². The number of anilines is 3. The van der Waals surface area contributed by atoms with E-state index in [4.69, 9.17) is 4.98 Å². The van der Waals surface area contributed by atoms with Crippen LogP contribution in [0.1, 0.15) is 34.2 Å². The predicted molar refractivity (Wildman–Crippen MR) is 136 cm³/mol. The average Bonchev–Trinajstić information content (AvgIpc) is 3.10. The highest BCUT2D eigenvalue weighted by Gasteiger charge is 2.26. The molecular formula is C26H31N7O2. The van der Waals surface area contributed by atoms with E-state index in [1.54, 1.807) is 13.1 Å². The molecule has 2 aliphatic rings. The molecule has 0 radical (unpaired) electrons. The lowest BCUT2D eigenvalue weighted by atomic mass is 10.1. The second-order valence-electron chi connectivity index (χ2n) is 9.23. The summed E-state index contributed by atoms with van der Waals surface area (Å²) in [5.41, 5.74) is 7.72. The lowest BCUT2D eigenvalue weighted by Gasteiger charge is -2.36. The van der Waals surface area contributed by atoms with Crippen LogP contribution in [-0.2, 0) is 11.3 Å². The van der Waals surface area contributed by atoms with E-state index in [9.17, 15) is 9.59 Å². The van der Waals surface area contributed by atoms with Gasteiger partial charge in [-0.3, -0.25) is 9.59 Å². The van der Waals surface area contributed by atoms with Crippen LogP contribution in [0.3, 0.4) is 0 Å². The molecule has 0 saturated carbocycles. The van der Waals surface area contributed by atoms with Crippen molar-refractivity contribution in [2.75, 3.05) is 42.9 Å². The summed E-state index contributed by atoms with van der Waals surface area (Å²) in [5.74, 6) is 0.614. The van der Waals surface area contributed by atoms with E-state index < -0.39 is 0 Å². The highest BCUT2D eigenvalue weighted by Crippen LogP contribution is 2.33. The third-order valence-corrected chi connectivity index (χ3v) is 7.03. The van der Waals surface area contributed by atoms with E-state index >= 15 is 0 Å². The number of hydrogen-bond donors (Lipinski definition) is 2. The number of aromatic nitrogens is 3. The molecule has 35 heavy (non-hydrogen) atoms. The summed E-state index contributed by atoms with van der Waals surface area (Å²) in [6, 6.07) is 8.13. The minimum atomic E-state index is -0.0335. The van der Waals surface area contributed by atoms with Crippen molar-refractivity contribution >= 4 is 29.1 Å². The summed E-state index contributed by atoms with van der Waals surface area (Å²) < 4.78 is 2.08. The van der Waals surface area contributed by atoms with Crippen LogP contribution in [0.4, 0.5) is 17.3 Å². The molecule has 4 heterocycles. The van der Waals surface area contributed by atoms with Gasteiger partial charge >= 0.3 is 0 Å². The Bertz CT molecular complexity index is 1310. The molecule has 1 saturated heterocycles. The molecular weight excluding hydrogens is 442 g/mol. The Hall–Kier alpha value is -3.88. The van der Waals surface area contributed by atoms with Crippen molar-refractivity contribution in [1.82, 2.24) is 24.8 Å². The Morgan fingerprint density at radius 1 is 1.06 bits per heavy atom. The van der Waals surface area contributed by atoms with E-state index in [-0.39, 0.29) is 11.8 Å². The van der Waals surface area contributed by atoms with Crippen LogP contribution in [0.2, 0.25) is 0 Å². The van der Waals surface area contributed by atoms with Crippen molar-refractivity contribution in [2.45, 2.75) is 34.2 Å². The van der Waals surface area contributed by atoms with Crippen LogP contribution in [-0.4, -0.2) is 64.0 Å². The maximum absolute atomic E-state index is 12.4. The molecule has 2 N–H and O–H groups in total. The molecule has 3 aromatic rings. The summed E-state index contributed by atoms with van der Waals surface area (Å²) in [4.78, 5) is 37.5. The number of hydrogen-bond acceptors (Lipinski definition) is 6. The third-order valence-electron chi connectivity index (χ3n) is 7.03. The number of benzene rings is 1. The van der Waals surface area contributed by atoms with Crippen molar-refractivity contribution in [3.05, 3.63) is 53.0 Å². The van der Waals surface area contributed by atoms with Crippen LogP contribution in [0, 0.1) is 20.8 Å². The summed E-state index contributed by atoms with van der Waals surface area (Å²) in [7, 11) is 0. The van der Waals surface area contributed by atoms with E-state index in [2.05, 4.69) is 44.1 Å². The first-order valence-electron chi connectivity index (χ1n) is 12.0. The number of nitrogens with one attached hydrogen (secondary N) is 2. The van der Waals surface area contributed by atoms with Gasteiger partial charge in [0.25, 0.3) is 5.91 Å². The number of rotatable bonds is 4. The lowest BCUT2D eigenvalue weighted by molar-refractivity contribution is -0.129. The number of carbonyl (C=O) groups excluding carboxylic acids is 2. The largest absolute Gasteiger partial charge is 0.368 e. The number of piperazine rings is 1. The zero-order chi connectivity index (χ0) is 24.7. The van der Waals surface area contributed by atoms with Crippen molar-refractivity contribution in [2.24, 2.45) is 0 Å². The van der Waals surface area contributed by atoms with Gasteiger partial charge in [0.05, 0.1) is 5.69 Å². The zero-order valence-corrected chi connectivity index (χ0v) is 20.7. The van der Waals surface area contributed by atoms with Gasteiger partial charge in [0, 0.05) is 75.0 Å². The van der Waals surface area contributed by atoms with Crippen LogP contribution < -0.4 is 15.5 Å². The molecule has 0 bridgehead atoms. The second-order valence-corrected chi connectivity index (χ2v) is 9.23. The fourth-order valence-corrected chi connectivity index (χ4v) is 5.25. The Morgan fingerprint density at radius 3 is 2.51 bits per heavy atom. The quantitative estimate of drug-likeness (QED) is 0.605. The monoisotopic (exact) mass is 473 g/mol. The SMILES string of the molecule is CC(=O)N1CCN(c2ccc(Nc3nccc(-c4c(C)c5n(c4C)CCNC5=O)n3)cc2C)CC1. The van der Waals surface area contributed by atoms with Gasteiger partial charge in [-0.1, -0.05) is 0 Å². The number of aryl methyl sites for hydroxylation is 1. The van der Waals surface area contributed by atoms with E-state index in [0.717, 1.165) is 66.5 Å². The first-order chi connectivity index (χ1) is 16.8. The molecule has 1 aromatic carbocycles. The maximum atomic E-state index is 12.4. The predicted octanol–water partition coefficient (Wildman–Crippen LogP) is 3.03. The van der Waals surface area contributed by atoms with Crippen LogP contribution in [0.15, 0.2) is 30.5 Å². The highest BCUT2D eigenvalue weighted by molar-refractivity contribution is 5.97. The molecule has 0 atom stereocenters. The topological polar surface area (TPSA) is 95.4 Å². The van der Waals surface area contributed by atoms with Crippen molar-refractivity contribution in [3.8, 4) is 11.3 Å². The van der Waals surface area contributed by atoms with E-state index in [1.165, 1.54) is 5.69 Å². The lowest BCUT2D eigenvalue weighted by Crippen LogP contribution is -2.48. The number of amides is 2. The van der Waals surface area contributed by atoms with Crippen LogP contribution in [0.5, 0.6) is 0 Å². The average molecular weight is 474 g/mol. The van der Waals surface area contributed by atoms with Gasteiger partial charge < -0.3 is 25.0 Å². The summed E-state index contributed by atoms with van der Waals surface area (Å²) >= 11 is 0. The first kappa shape index (κ1) is 22.9. The summed E-state index contributed by atoms with van der Waals surface area (Å²) in [5, 5.41) is 6.27. The van der Waals surface area contributed by atoms with Gasteiger partial charge in [-0.25, -0.2) is 9.97 Å². The number of carbonyl (C=O) groups is 2. The Morgan fingerprint density at radius 2 is 1.83 bits per heavy atom. The van der Waals surface area contributed by atoms with Gasteiger partial charge in [0.1, 0.15) is 5.69 Å². The second kappa shape index (κ2) is 9.05. The van der Waals surface area contributed by atoms with Crippen molar-refractivity contribution in [3.63, 3.8) is 0 Å². The Kier molecular flexibility index (Phi) is 5.92. The molecule has 9 heteroatoms. The molecule has 2 amide bonds. The third kappa shape index (κ3) is 4.22. The molecule has 182 valence electrons. The van der Waals surface area contributed by atoms with Gasteiger partial charge in [0.2, 0.25) is 11.9 Å². The first-order valence-corrected chi connectivity index (χ1v) is 12.0. The van der Waals surface area contributed by atoms with Gasteiger partial charge in [-0.15, -0.1) is 0 Å². The molecule has 1 fully saturated rings.